The van der Waals surface area contributed by atoms with Crippen molar-refractivity contribution in [2.75, 3.05) is 12.1 Å². The molecule has 4 atom stereocenters. The van der Waals surface area contributed by atoms with Gasteiger partial charge < -0.3 is 25.3 Å². The number of hydrogen-bond donors (Lipinski definition) is 6. The lowest BCUT2D eigenvalue weighted by Gasteiger charge is -2.16. The van der Waals surface area contributed by atoms with E-state index in [9.17, 15) is 20.2 Å². The third-order valence-electron chi connectivity index (χ3n) is 3.47. The highest BCUT2D eigenvalue weighted by molar-refractivity contribution is 5.71. The van der Waals surface area contributed by atoms with Gasteiger partial charge in [-0.05, 0) is 0 Å². The molecule has 0 amide bonds. The topological polar surface area (TPSA) is 175 Å². The number of hydrogen-bond acceptors (Lipinski definition) is 10. The number of nitrogens with one attached hydrogen (secondary N) is 1. The number of anilines is 1. The molecule has 1 fully saturated rings. The second-order valence-corrected chi connectivity index (χ2v) is 4.72. The summed E-state index contributed by atoms with van der Waals surface area (Å²) in [6, 6.07) is 0. The van der Waals surface area contributed by atoms with Gasteiger partial charge in [-0.25, -0.2) is 10.5 Å². The molecule has 0 bridgehead atoms. The Hall–Kier alpha value is -2.25. The maximum Gasteiger partial charge on any atom is 0.316 e. The van der Waals surface area contributed by atoms with Crippen molar-refractivity contribution in [3.63, 3.8) is 0 Å². The number of ether oxygens (including phenoxy) is 1. The SMILES string of the molecule is O=c1c2ncn([C@@H]3O[C@H](CO)[C@@H](O)[C@H]3O)c2nc(NO)n1O. The Morgan fingerprint density at radius 3 is 2.68 bits per heavy atom. The molecule has 0 radical (unpaired) electrons. The highest BCUT2D eigenvalue weighted by atomic mass is 16.6. The van der Waals surface area contributed by atoms with E-state index in [1.807, 2.05) is 0 Å². The molecule has 12 nitrogen and oxygen atoms in total. The van der Waals surface area contributed by atoms with Gasteiger partial charge in [0.25, 0.3) is 5.95 Å². The van der Waals surface area contributed by atoms with Gasteiger partial charge >= 0.3 is 5.56 Å². The second kappa shape index (κ2) is 5.19. The van der Waals surface area contributed by atoms with Gasteiger partial charge in [-0.2, -0.15) is 4.98 Å². The number of imidazole rings is 1. The Labute approximate surface area is 121 Å². The highest BCUT2D eigenvalue weighted by Gasteiger charge is 2.44. The van der Waals surface area contributed by atoms with E-state index in [-0.39, 0.29) is 15.9 Å². The smallest absolute Gasteiger partial charge is 0.316 e. The molecule has 0 unspecified atom stereocenters. The molecule has 22 heavy (non-hydrogen) atoms. The lowest BCUT2D eigenvalue weighted by atomic mass is 10.1. The summed E-state index contributed by atoms with van der Waals surface area (Å²) in [5, 5.41) is 47.1. The maximum atomic E-state index is 11.9. The molecule has 120 valence electrons. The standard InChI is InChI=1S/C10H13N5O7/c16-1-3-5(17)6(18)9(22-3)14-2-11-4-7(14)12-10(13-20)15(21)8(4)19/h2-3,5-6,9,16-18,20-21H,1H2,(H,12,13)/t3-,5-,6-,9-/m1/s1. The van der Waals surface area contributed by atoms with E-state index in [4.69, 9.17) is 15.1 Å². The first-order chi connectivity index (χ1) is 10.5. The van der Waals surface area contributed by atoms with Crippen LogP contribution in [0.15, 0.2) is 11.1 Å². The van der Waals surface area contributed by atoms with Gasteiger partial charge in [0.2, 0.25) is 0 Å². The van der Waals surface area contributed by atoms with Crippen LogP contribution < -0.4 is 11.0 Å². The zero-order valence-electron chi connectivity index (χ0n) is 10.9. The van der Waals surface area contributed by atoms with Crippen LogP contribution in [-0.2, 0) is 4.74 Å². The summed E-state index contributed by atoms with van der Waals surface area (Å²) in [4.78, 5) is 19.4. The van der Waals surface area contributed by atoms with Crippen LogP contribution in [0.5, 0.6) is 0 Å². The summed E-state index contributed by atoms with van der Waals surface area (Å²) < 4.78 is 6.53. The fraction of sp³-hybridized carbons (Fsp3) is 0.500. The molecular weight excluding hydrogens is 302 g/mol. The van der Waals surface area contributed by atoms with Crippen molar-refractivity contribution < 1.29 is 30.5 Å². The van der Waals surface area contributed by atoms with Crippen LogP contribution in [0.3, 0.4) is 0 Å². The molecule has 1 saturated heterocycles. The Bertz CT molecular complexity index is 758. The molecule has 2 aromatic heterocycles. The monoisotopic (exact) mass is 315 g/mol. The molecule has 2 aromatic rings. The van der Waals surface area contributed by atoms with Crippen LogP contribution in [0.25, 0.3) is 11.2 Å². The predicted octanol–water partition coefficient (Wildman–Crippen LogP) is -2.76. The summed E-state index contributed by atoms with van der Waals surface area (Å²) >= 11 is 0. The number of aliphatic hydroxyl groups is 3. The van der Waals surface area contributed by atoms with Crippen LogP contribution in [0.1, 0.15) is 6.23 Å². The lowest BCUT2D eigenvalue weighted by Crippen LogP contribution is -2.33. The van der Waals surface area contributed by atoms with E-state index in [2.05, 4.69) is 9.97 Å². The van der Waals surface area contributed by atoms with Crippen molar-refractivity contribution in [3.05, 3.63) is 16.7 Å². The van der Waals surface area contributed by atoms with Gasteiger partial charge in [0.15, 0.2) is 17.4 Å². The third-order valence-corrected chi connectivity index (χ3v) is 3.47. The Kier molecular flexibility index (Phi) is 3.46. The van der Waals surface area contributed by atoms with Gasteiger partial charge in [-0.3, -0.25) is 14.6 Å². The second-order valence-electron chi connectivity index (χ2n) is 4.72. The molecule has 0 aromatic carbocycles. The van der Waals surface area contributed by atoms with E-state index in [1.54, 1.807) is 5.48 Å². The molecule has 12 heteroatoms. The minimum atomic E-state index is -1.39. The molecule has 0 saturated carbocycles. The average Bonchev–Trinajstić information content (AvgIpc) is 3.05. The van der Waals surface area contributed by atoms with Crippen LogP contribution in [0.4, 0.5) is 5.95 Å². The van der Waals surface area contributed by atoms with E-state index in [0.717, 1.165) is 10.9 Å². The molecule has 1 aliphatic rings. The lowest BCUT2D eigenvalue weighted by molar-refractivity contribution is -0.0511. The fourth-order valence-electron chi connectivity index (χ4n) is 2.33. The first-order valence-corrected chi connectivity index (χ1v) is 6.21. The average molecular weight is 315 g/mol. The van der Waals surface area contributed by atoms with Crippen molar-refractivity contribution in [2.24, 2.45) is 0 Å². The number of aliphatic hydroxyl groups excluding tert-OH is 3. The quantitative estimate of drug-likeness (QED) is 0.257. The largest absolute Gasteiger partial charge is 0.422 e. The number of rotatable bonds is 3. The summed E-state index contributed by atoms with van der Waals surface area (Å²) in [6.07, 6.45) is -3.75. The summed E-state index contributed by atoms with van der Waals surface area (Å²) in [5.41, 5.74) is 0.260. The summed E-state index contributed by atoms with van der Waals surface area (Å²) in [5.74, 6) is -0.564. The van der Waals surface area contributed by atoms with Gasteiger partial charge in [0.05, 0.1) is 12.9 Å². The van der Waals surface area contributed by atoms with Crippen LogP contribution in [0, 0.1) is 0 Å². The zero-order chi connectivity index (χ0) is 16.0. The molecule has 0 spiro atoms. The van der Waals surface area contributed by atoms with Crippen LogP contribution in [-0.4, -0.2) is 69.9 Å². The summed E-state index contributed by atoms with van der Waals surface area (Å²) in [7, 11) is 0. The van der Waals surface area contributed by atoms with Crippen molar-refractivity contribution in [1.29, 1.82) is 0 Å². The van der Waals surface area contributed by atoms with Gasteiger partial charge in [0, 0.05) is 0 Å². The molecular formula is C10H13N5O7. The van der Waals surface area contributed by atoms with Crippen LogP contribution in [0.2, 0.25) is 0 Å². The molecule has 0 aliphatic carbocycles. The number of nitrogens with zero attached hydrogens (tertiary/aromatic N) is 4. The Morgan fingerprint density at radius 2 is 2.09 bits per heavy atom. The first-order valence-electron chi connectivity index (χ1n) is 6.21. The van der Waals surface area contributed by atoms with E-state index >= 15 is 0 Å². The van der Waals surface area contributed by atoms with Crippen molar-refractivity contribution in [1.82, 2.24) is 19.3 Å². The maximum absolute atomic E-state index is 11.9. The number of fused-ring (bicyclic) bond motifs is 1. The van der Waals surface area contributed by atoms with Gasteiger partial charge in [0.1, 0.15) is 18.3 Å². The fourth-order valence-corrected chi connectivity index (χ4v) is 2.33. The minimum Gasteiger partial charge on any atom is -0.422 e. The van der Waals surface area contributed by atoms with Gasteiger partial charge in [-0.1, -0.05) is 0 Å². The van der Waals surface area contributed by atoms with Crippen LogP contribution >= 0.6 is 0 Å². The molecule has 3 rings (SSSR count). The Balaban J connectivity index is 2.13. The van der Waals surface area contributed by atoms with Crippen molar-refractivity contribution in [2.45, 2.75) is 24.5 Å². The predicted molar refractivity (Wildman–Crippen MR) is 67.4 cm³/mol. The summed E-state index contributed by atoms with van der Waals surface area (Å²) in [6.45, 7) is -0.512. The molecule has 1 aliphatic heterocycles. The van der Waals surface area contributed by atoms with Gasteiger partial charge in [-0.15, -0.1) is 4.73 Å². The Morgan fingerprint density at radius 1 is 1.36 bits per heavy atom. The number of aromatic nitrogens is 4. The molecule has 3 heterocycles. The first kappa shape index (κ1) is 14.7. The van der Waals surface area contributed by atoms with E-state index in [1.165, 1.54) is 0 Å². The normalized spacial score (nSPS) is 28.4. The van der Waals surface area contributed by atoms with Crippen molar-refractivity contribution in [3.8, 4) is 0 Å². The van der Waals surface area contributed by atoms with E-state index in [0.29, 0.717) is 0 Å². The minimum absolute atomic E-state index is 0.0664. The third kappa shape index (κ3) is 1.93. The van der Waals surface area contributed by atoms with E-state index < -0.39 is 42.7 Å². The molecule has 6 N–H and O–H groups in total. The zero-order valence-corrected chi connectivity index (χ0v) is 10.9. The highest BCUT2D eigenvalue weighted by Crippen LogP contribution is 2.30. The van der Waals surface area contributed by atoms with Crippen molar-refractivity contribution >= 4 is 17.1 Å².